The highest BCUT2D eigenvalue weighted by Crippen LogP contribution is 2.00. The van der Waals surface area contributed by atoms with Crippen LogP contribution < -0.4 is 11.1 Å². The largest absolute Gasteiger partial charge is 0.480 e. The van der Waals surface area contributed by atoms with E-state index in [4.69, 9.17) is 16.2 Å². The summed E-state index contributed by atoms with van der Waals surface area (Å²) in [7, 11) is 0. The Hall–Kier alpha value is -1.88. The molecule has 78 valence electrons. The van der Waals surface area contributed by atoms with Crippen molar-refractivity contribution >= 4 is 18.0 Å². The Kier molecular flexibility index (Phi) is 5.73. The topological polar surface area (TPSA) is 129 Å². The van der Waals surface area contributed by atoms with Gasteiger partial charge in [-0.05, 0) is 12.8 Å². The molecular formula is C7H12N4O3. The van der Waals surface area contributed by atoms with Crippen LogP contribution in [-0.4, -0.2) is 35.7 Å². The van der Waals surface area contributed by atoms with Gasteiger partial charge in [-0.2, -0.15) is 4.99 Å². The van der Waals surface area contributed by atoms with Crippen molar-refractivity contribution in [3.8, 4) is 0 Å². The maximum absolute atomic E-state index is 10.5. The predicted octanol–water partition coefficient (Wildman–Crippen LogP) is -0.961. The molecule has 0 unspecified atom stereocenters. The number of hydrogen-bond donors (Lipinski definition) is 4. The Bertz CT molecular complexity index is 258. The molecule has 5 N–H and O–H groups in total. The second-order valence-electron chi connectivity index (χ2n) is 2.56. The Morgan fingerprint density at radius 3 is 2.79 bits per heavy atom. The van der Waals surface area contributed by atoms with Crippen molar-refractivity contribution in [1.82, 2.24) is 5.32 Å². The van der Waals surface area contributed by atoms with Gasteiger partial charge in [0.05, 0.1) is 0 Å². The van der Waals surface area contributed by atoms with Gasteiger partial charge in [-0.1, -0.05) is 0 Å². The van der Waals surface area contributed by atoms with Crippen LogP contribution in [0.5, 0.6) is 0 Å². The molecule has 0 saturated heterocycles. The molecule has 7 heteroatoms. The number of carboxylic acids is 1. The molecule has 0 aliphatic rings. The van der Waals surface area contributed by atoms with Crippen molar-refractivity contribution in [2.45, 2.75) is 18.9 Å². The maximum atomic E-state index is 10.5. The Morgan fingerprint density at radius 1 is 1.71 bits per heavy atom. The van der Waals surface area contributed by atoms with E-state index >= 15 is 0 Å². The van der Waals surface area contributed by atoms with Crippen molar-refractivity contribution in [3.05, 3.63) is 0 Å². The van der Waals surface area contributed by atoms with E-state index in [1.165, 1.54) is 6.08 Å². The number of nitrogens with one attached hydrogen (secondary N) is 2. The van der Waals surface area contributed by atoms with Crippen molar-refractivity contribution in [2.75, 3.05) is 6.54 Å². The number of hydrogen-bond acceptors (Lipinski definition) is 4. The number of aliphatic imine (C=N–C) groups is 1. The van der Waals surface area contributed by atoms with E-state index in [2.05, 4.69) is 10.3 Å². The van der Waals surface area contributed by atoms with Gasteiger partial charge in [-0.15, -0.1) is 0 Å². The van der Waals surface area contributed by atoms with Crippen LogP contribution in [0, 0.1) is 5.41 Å². The second kappa shape index (κ2) is 6.62. The van der Waals surface area contributed by atoms with Gasteiger partial charge in [-0.25, -0.2) is 9.59 Å². The molecule has 0 aromatic carbocycles. The highest BCUT2D eigenvalue weighted by molar-refractivity contribution is 5.75. The minimum atomic E-state index is -1.16. The molecular weight excluding hydrogens is 188 g/mol. The van der Waals surface area contributed by atoms with Crippen LogP contribution in [-0.2, 0) is 9.59 Å². The quantitative estimate of drug-likeness (QED) is 0.190. The monoisotopic (exact) mass is 200 g/mol. The standard InChI is InChI=1S/C7H12N4O3/c8-7(9)10-3-1-2-5(6(13)14)11-4-12/h5H,1-3H2,(H,13,14)(H4,8,9,10)/t5-/m0/s1. The first-order chi connectivity index (χ1) is 6.57. The molecule has 0 amide bonds. The number of nitrogens with two attached hydrogens (primary N) is 1. The molecule has 0 saturated carbocycles. The van der Waals surface area contributed by atoms with Crippen LogP contribution in [0.3, 0.4) is 0 Å². The van der Waals surface area contributed by atoms with E-state index in [0.717, 1.165) is 0 Å². The normalized spacial score (nSPS) is 11.1. The first-order valence-corrected chi connectivity index (χ1v) is 3.95. The number of rotatable bonds is 6. The highest BCUT2D eigenvalue weighted by atomic mass is 16.4. The van der Waals surface area contributed by atoms with Gasteiger partial charge in [0.15, 0.2) is 12.0 Å². The molecule has 0 radical (unpaired) electrons. The first kappa shape index (κ1) is 12.1. The lowest BCUT2D eigenvalue weighted by Crippen LogP contribution is -2.31. The Balaban J connectivity index is 3.78. The van der Waals surface area contributed by atoms with E-state index < -0.39 is 12.0 Å². The number of carboxylic acid groups (broad SMARTS) is 1. The zero-order valence-electron chi connectivity index (χ0n) is 7.49. The predicted molar refractivity (Wildman–Crippen MR) is 48.7 cm³/mol. The summed E-state index contributed by atoms with van der Waals surface area (Å²) in [6.07, 6.45) is 1.88. The molecule has 7 nitrogen and oxygen atoms in total. The summed E-state index contributed by atoms with van der Waals surface area (Å²) >= 11 is 0. The fraction of sp³-hybridized carbons (Fsp3) is 0.571. The molecule has 0 aliphatic carbocycles. The fourth-order valence-corrected chi connectivity index (χ4v) is 0.825. The minimum absolute atomic E-state index is 0.171. The van der Waals surface area contributed by atoms with Crippen molar-refractivity contribution < 1.29 is 14.7 Å². The third-order valence-corrected chi connectivity index (χ3v) is 1.46. The smallest absolute Gasteiger partial charge is 0.329 e. The number of carbonyl (C=O) groups excluding carboxylic acids is 1. The second-order valence-corrected chi connectivity index (χ2v) is 2.56. The molecule has 0 spiro atoms. The van der Waals surface area contributed by atoms with E-state index in [1.807, 2.05) is 0 Å². The van der Waals surface area contributed by atoms with Crippen LogP contribution in [0.2, 0.25) is 0 Å². The number of nitrogens with zero attached hydrogens (tertiary/aromatic N) is 1. The summed E-state index contributed by atoms with van der Waals surface area (Å²) in [6, 6.07) is -1.05. The molecule has 14 heavy (non-hydrogen) atoms. The number of guanidine groups is 1. The molecule has 0 heterocycles. The molecule has 0 bridgehead atoms. The third kappa shape index (κ3) is 5.73. The average Bonchev–Trinajstić information content (AvgIpc) is 2.09. The molecule has 0 aromatic heterocycles. The summed E-state index contributed by atoms with van der Waals surface area (Å²) in [6.45, 7) is 0.382. The lowest BCUT2D eigenvalue weighted by atomic mass is 10.1. The van der Waals surface area contributed by atoms with Crippen LogP contribution >= 0.6 is 0 Å². The lowest BCUT2D eigenvalue weighted by molar-refractivity contribution is -0.138. The van der Waals surface area contributed by atoms with Crippen LogP contribution in [0.4, 0.5) is 0 Å². The Labute approximate surface area is 80.5 Å². The molecule has 0 aromatic rings. The molecule has 1 atom stereocenters. The zero-order chi connectivity index (χ0) is 11.0. The highest BCUT2D eigenvalue weighted by Gasteiger charge is 2.14. The number of carbonyl (C=O) groups is 1. The fourth-order valence-electron chi connectivity index (χ4n) is 0.825. The summed E-state index contributed by atoms with van der Waals surface area (Å²) in [5.41, 5.74) is 5.00. The van der Waals surface area contributed by atoms with Crippen molar-refractivity contribution in [1.29, 1.82) is 5.41 Å². The van der Waals surface area contributed by atoms with Gasteiger partial charge in [0.2, 0.25) is 6.08 Å². The lowest BCUT2D eigenvalue weighted by Gasteiger charge is -2.05. The summed E-state index contributed by atoms with van der Waals surface area (Å²) in [5.74, 6) is -1.33. The van der Waals surface area contributed by atoms with Crippen molar-refractivity contribution in [2.24, 2.45) is 10.7 Å². The van der Waals surface area contributed by atoms with Crippen molar-refractivity contribution in [3.63, 3.8) is 0 Å². The van der Waals surface area contributed by atoms with Crippen LogP contribution in [0.25, 0.3) is 0 Å². The number of aliphatic carboxylic acids is 1. The molecule has 0 fully saturated rings. The van der Waals surface area contributed by atoms with E-state index in [0.29, 0.717) is 13.0 Å². The van der Waals surface area contributed by atoms with E-state index in [-0.39, 0.29) is 12.4 Å². The first-order valence-electron chi connectivity index (χ1n) is 3.95. The van der Waals surface area contributed by atoms with Gasteiger partial charge < -0.3 is 16.2 Å². The van der Waals surface area contributed by atoms with Crippen LogP contribution in [0.1, 0.15) is 12.8 Å². The zero-order valence-corrected chi connectivity index (χ0v) is 7.49. The van der Waals surface area contributed by atoms with Gasteiger partial charge in [0.25, 0.3) is 0 Å². The maximum Gasteiger partial charge on any atom is 0.329 e. The van der Waals surface area contributed by atoms with Gasteiger partial charge in [0.1, 0.15) is 0 Å². The van der Waals surface area contributed by atoms with E-state index in [1.54, 1.807) is 0 Å². The summed E-state index contributed by atoms with van der Waals surface area (Å²) in [4.78, 5) is 23.4. The van der Waals surface area contributed by atoms with Gasteiger partial charge in [-0.3, -0.25) is 5.41 Å². The number of isocyanates is 1. The van der Waals surface area contributed by atoms with Crippen LogP contribution in [0.15, 0.2) is 4.99 Å². The summed E-state index contributed by atoms with van der Waals surface area (Å²) < 4.78 is 0. The molecule has 0 aliphatic heterocycles. The SMILES string of the molecule is N=C(N)NCCC[C@H](N=C=O)C(=O)O. The average molecular weight is 200 g/mol. The summed E-state index contributed by atoms with van der Waals surface area (Å²) in [5, 5.41) is 17.9. The minimum Gasteiger partial charge on any atom is -0.480 e. The third-order valence-electron chi connectivity index (χ3n) is 1.46. The molecule has 0 rings (SSSR count). The Morgan fingerprint density at radius 2 is 2.36 bits per heavy atom. The van der Waals surface area contributed by atoms with Gasteiger partial charge in [0, 0.05) is 6.54 Å². The van der Waals surface area contributed by atoms with Gasteiger partial charge >= 0.3 is 5.97 Å². The van der Waals surface area contributed by atoms with E-state index in [9.17, 15) is 9.59 Å².